The SMILES string of the molecule is [C-]#[N+]C1=C(C(=C(/C=C/C=C/c2ccc(N(C)C)cc2)C(F)(F)F)/C(F)(F)F)C(C(F)(F)F)(C(F)(F)F)O/C1=C(\C)[N+]#[C-]. The van der Waals surface area contributed by atoms with Crippen molar-refractivity contribution in [1.82, 2.24) is 0 Å². The lowest BCUT2D eigenvalue weighted by atomic mass is 9.83. The van der Waals surface area contributed by atoms with E-state index in [1.165, 1.54) is 12.1 Å². The van der Waals surface area contributed by atoms with Crippen molar-refractivity contribution >= 4 is 11.8 Å². The summed E-state index contributed by atoms with van der Waals surface area (Å²) in [5.74, 6) is -1.89. The fraction of sp³-hybridized carbons (Fsp3) is 0.308. The summed E-state index contributed by atoms with van der Waals surface area (Å²) in [6, 6.07) is 6.10. The topological polar surface area (TPSA) is 21.2 Å². The van der Waals surface area contributed by atoms with Gasteiger partial charge in [-0.25, -0.2) is 9.69 Å². The van der Waals surface area contributed by atoms with Crippen LogP contribution in [-0.4, -0.2) is 44.4 Å². The molecule has 0 fully saturated rings. The van der Waals surface area contributed by atoms with Crippen LogP contribution in [0.15, 0.2) is 76.4 Å². The molecular weight excluding hydrogens is 598 g/mol. The molecule has 0 bridgehead atoms. The maximum atomic E-state index is 14.3. The van der Waals surface area contributed by atoms with Gasteiger partial charge in [0.15, 0.2) is 5.70 Å². The monoisotopic (exact) mass is 615 g/mol. The minimum atomic E-state index is -6.88. The number of hydrogen-bond acceptors (Lipinski definition) is 2. The van der Waals surface area contributed by atoms with Crippen LogP contribution in [0.2, 0.25) is 0 Å². The van der Waals surface area contributed by atoms with Crippen LogP contribution in [0, 0.1) is 13.1 Å². The maximum Gasteiger partial charge on any atom is 0.440 e. The normalized spacial score (nSPS) is 18.1. The summed E-state index contributed by atoms with van der Waals surface area (Å²) >= 11 is 0. The molecule has 1 aromatic rings. The van der Waals surface area contributed by atoms with Crippen molar-refractivity contribution < 1.29 is 57.4 Å². The Morgan fingerprint density at radius 1 is 0.833 bits per heavy atom. The largest absolute Gasteiger partial charge is 0.489 e. The van der Waals surface area contributed by atoms with Gasteiger partial charge in [-0.1, -0.05) is 30.4 Å². The zero-order chi connectivity index (χ0) is 32.5. The summed E-state index contributed by atoms with van der Waals surface area (Å²) < 4.78 is 173. The Labute approximate surface area is 230 Å². The van der Waals surface area contributed by atoms with Crippen molar-refractivity contribution in [3.05, 3.63) is 105 Å². The molecule has 1 aromatic carbocycles. The van der Waals surface area contributed by atoms with Gasteiger partial charge in [0.1, 0.15) is 5.76 Å². The highest BCUT2D eigenvalue weighted by Crippen LogP contribution is 2.61. The molecule has 0 aliphatic carbocycles. The Kier molecular flexibility index (Phi) is 9.28. The third-order valence-electron chi connectivity index (χ3n) is 5.65. The van der Waals surface area contributed by atoms with Gasteiger partial charge < -0.3 is 9.64 Å². The molecule has 1 aliphatic heterocycles. The lowest BCUT2D eigenvalue weighted by Crippen LogP contribution is -2.59. The van der Waals surface area contributed by atoms with Gasteiger partial charge in [-0.05, 0) is 30.7 Å². The molecule has 226 valence electrons. The molecule has 4 nitrogen and oxygen atoms in total. The van der Waals surface area contributed by atoms with Crippen molar-refractivity contribution in [3.63, 3.8) is 0 Å². The van der Waals surface area contributed by atoms with Crippen molar-refractivity contribution in [2.75, 3.05) is 19.0 Å². The molecule has 0 saturated carbocycles. The van der Waals surface area contributed by atoms with E-state index < -0.39 is 64.2 Å². The highest BCUT2D eigenvalue weighted by Gasteiger charge is 2.80. The molecule has 0 saturated heterocycles. The first-order chi connectivity index (χ1) is 19.0. The third-order valence-corrected chi connectivity index (χ3v) is 5.65. The minimum absolute atomic E-state index is 0.326. The van der Waals surface area contributed by atoms with Gasteiger partial charge >= 0.3 is 30.3 Å². The number of hydrogen-bond donors (Lipinski definition) is 0. The second-order valence-corrected chi connectivity index (χ2v) is 8.63. The molecule has 0 aromatic heterocycles. The number of alkyl halides is 12. The molecule has 1 aliphatic rings. The molecule has 2 rings (SSSR count). The predicted octanol–water partition coefficient (Wildman–Crippen LogP) is 8.96. The van der Waals surface area contributed by atoms with Gasteiger partial charge in [-0.15, -0.1) is 0 Å². The summed E-state index contributed by atoms with van der Waals surface area (Å²) in [5.41, 5.74) is -18.1. The van der Waals surface area contributed by atoms with Crippen molar-refractivity contribution in [3.8, 4) is 0 Å². The molecule has 0 amide bonds. The van der Waals surface area contributed by atoms with Crippen LogP contribution in [0.25, 0.3) is 15.8 Å². The third kappa shape index (κ3) is 6.42. The number of allylic oxidation sites excluding steroid dienone is 5. The Bertz CT molecular complexity index is 1420. The molecule has 0 spiro atoms. The smallest absolute Gasteiger partial charge is 0.440 e. The molecular formula is C26H17F12N3O. The van der Waals surface area contributed by atoms with E-state index >= 15 is 0 Å². The zero-order valence-corrected chi connectivity index (χ0v) is 21.4. The van der Waals surface area contributed by atoms with Crippen LogP contribution in [0.4, 0.5) is 58.4 Å². The summed E-state index contributed by atoms with van der Waals surface area (Å²) in [6.07, 6.45) is -24.7. The van der Waals surface area contributed by atoms with Gasteiger partial charge in [0.05, 0.1) is 24.3 Å². The van der Waals surface area contributed by atoms with Crippen LogP contribution in [-0.2, 0) is 4.74 Å². The minimum Gasteiger partial charge on any atom is -0.489 e. The van der Waals surface area contributed by atoms with Crippen LogP contribution >= 0.6 is 0 Å². The van der Waals surface area contributed by atoms with Gasteiger partial charge in [-0.3, -0.25) is 0 Å². The fourth-order valence-electron chi connectivity index (χ4n) is 3.74. The molecule has 0 N–H and O–H groups in total. The standard InChI is InChI=1S/C26H17F12N3O/c1-14(39-2)21-20(40-3)19(22(42-21,25(33,34)35)26(36,37)38)18(24(30,31)32)17(23(27,28)29)9-7-6-8-15-10-12-16(13-11-15)41(4)5/h6-13H,1,4-5H3/b8-6+,9-7+,18-17+,21-14+. The second kappa shape index (κ2) is 11.5. The molecule has 0 radical (unpaired) electrons. The Morgan fingerprint density at radius 3 is 1.74 bits per heavy atom. The molecule has 1 heterocycles. The van der Waals surface area contributed by atoms with Crippen LogP contribution < -0.4 is 4.90 Å². The number of anilines is 1. The molecule has 16 heteroatoms. The number of halogens is 12. The molecule has 0 atom stereocenters. The van der Waals surface area contributed by atoms with E-state index in [4.69, 9.17) is 13.1 Å². The van der Waals surface area contributed by atoms with E-state index in [-0.39, 0.29) is 6.08 Å². The van der Waals surface area contributed by atoms with E-state index in [0.29, 0.717) is 24.3 Å². The summed E-state index contributed by atoms with van der Waals surface area (Å²) in [6.45, 7) is 14.4. The first-order valence-electron chi connectivity index (χ1n) is 11.1. The summed E-state index contributed by atoms with van der Waals surface area (Å²) in [5, 5.41) is 0. The first-order valence-corrected chi connectivity index (χ1v) is 11.1. The highest BCUT2D eigenvalue weighted by molar-refractivity contribution is 5.63. The summed E-state index contributed by atoms with van der Waals surface area (Å²) in [7, 11) is 3.41. The lowest BCUT2D eigenvalue weighted by Gasteiger charge is -2.37. The van der Waals surface area contributed by atoms with Crippen molar-refractivity contribution in [1.29, 1.82) is 0 Å². The average molecular weight is 615 g/mol. The summed E-state index contributed by atoms with van der Waals surface area (Å²) in [4.78, 5) is 6.46. The Balaban J connectivity index is 3.04. The molecule has 42 heavy (non-hydrogen) atoms. The van der Waals surface area contributed by atoms with Gasteiger partial charge in [0.25, 0.3) is 0 Å². The highest BCUT2D eigenvalue weighted by atomic mass is 19.4. The van der Waals surface area contributed by atoms with Gasteiger partial charge in [-0.2, -0.15) is 52.7 Å². The lowest BCUT2D eigenvalue weighted by molar-refractivity contribution is -0.351. The van der Waals surface area contributed by atoms with Crippen LogP contribution in [0.3, 0.4) is 0 Å². The predicted molar refractivity (Wildman–Crippen MR) is 127 cm³/mol. The number of benzene rings is 1. The quantitative estimate of drug-likeness (QED) is 0.187. The number of rotatable bonds is 5. The van der Waals surface area contributed by atoms with E-state index in [2.05, 4.69) is 14.4 Å². The van der Waals surface area contributed by atoms with Crippen LogP contribution in [0.1, 0.15) is 12.5 Å². The van der Waals surface area contributed by atoms with Gasteiger partial charge in [0, 0.05) is 25.4 Å². The van der Waals surface area contributed by atoms with Gasteiger partial charge in [0.2, 0.25) is 5.70 Å². The van der Waals surface area contributed by atoms with E-state index in [1.807, 2.05) is 0 Å². The molecule has 0 unspecified atom stereocenters. The Morgan fingerprint density at radius 2 is 1.36 bits per heavy atom. The van der Waals surface area contributed by atoms with Crippen LogP contribution in [0.5, 0.6) is 0 Å². The zero-order valence-electron chi connectivity index (χ0n) is 21.4. The average Bonchev–Trinajstić information content (AvgIpc) is 3.20. The van der Waals surface area contributed by atoms with E-state index in [9.17, 15) is 52.7 Å². The van der Waals surface area contributed by atoms with E-state index in [1.54, 1.807) is 31.1 Å². The van der Waals surface area contributed by atoms with E-state index in [0.717, 1.165) is 12.2 Å². The number of nitrogens with zero attached hydrogens (tertiary/aromatic N) is 3. The first kappa shape index (κ1) is 33.9. The van der Waals surface area contributed by atoms with Crippen molar-refractivity contribution in [2.24, 2.45) is 0 Å². The fourth-order valence-corrected chi connectivity index (χ4v) is 3.74. The maximum absolute atomic E-state index is 14.3. The second-order valence-electron chi connectivity index (χ2n) is 8.63. The van der Waals surface area contributed by atoms with Crippen molar-refractivity contribution in [2.45, 2.75) is 37.2 Å². The number of ether oxygens (including phenoxy) is 1. The Hall–Kier alpha value is -4.34.